The number of aliphatic hydroxyl groups is 1. The summed E-state index contributed by atoms with van der Waals surface area (Å²) in [6.07, 6.45) is 6.11. The van der Waals surface area contributed by atoms with Crippen LogP contribution in [0.3, 0.4) is 0 Å². The van der Waals surface area contributed by atoms with E-state index in [1.165, 1.54) is 25.1 Å². The second kappa shape index (κ2) is 6.28. The van der Waals surface area contributed by atoms with E-state index >= 15 is 0 Å². The van der Waals surface area contributed by atoms with Crippen LogP contribution in [-0.4, -0.2) is 24.6 Å². The summed E-state index contributed by atoms with van der Waals surface area (Å²) in [5, 5.41) is 9.12. The van der Waals surface area contributed by atoms with Gasteiger partial charge in [-0.05, 0) is 30.7 Å². The molecule has 5 nitrogen and oxygen atoms in total. The molecule has 0 atom stereocenters. The second-order valence-electron chi connectivity index (χ2n) is 5.91. The van der Waals surface area contributed by atoms with Gasteiger partial charge in [0.1, 0.15) is 0 Å². The van der Waals surface area contributed by atoms with Crippen LogP contribution in [0.5, 0.6) is 0 Å². The Kier molecular flexibility index (Phi) is 4.88. The van der Waals surface area contributed by atoms with E-state index in [0.29, 0.717) is 18.2 Å². The van der Waals surface area contributed by atoms with E-state index in [9.17, 15) is 8.42 Å². The first-order valence-electron chi connectivity index (χ1n) is 7.18. The Morgan fingerprint density at radius 3 is 2.55 bits per heavy atom. The highest BCUT2D eigenvalue weighted by atomic mass is 32.2. The van der Waals surface area contributed by atoms with Crippen molar-refractivity contribution in [3.8, 4) is 0 Å². The average molecular weight is 300 g/mol. The summed E-state index contributed by atoms with van der Waals surface area (Å²) < 4.78 is 28.8. The van der Waals surface area contributed by atoms with Gasteiger partial charge in [0.25, 0.3) is 0 Å². The van der Waals surface area contributed by atoms with Crippen LogP contribution in [0.4, 0.5) is 0 Å². The number of nitrogens with zero attached hydrogens (tertiary/aromatic N) is 1. The third-order valence-corrected chi connectivity index (χ3v) is 5.64. The Morgan fingerprint density at radius 2 is 2.00 bits per heavy atom. The molecule has 114 valence electrons. The van der Waals surface area contributed by atoms with Crippen LogP contribution in [0.2, 0.25) is 0 Å². The number of hydrogen-bond donors (Lipinski definition) is 2. The SMILES string of the molecule is CC1CCC(CNS(=O)(=O)c2cc(CO)n(C)c2)CC1. The zero-order valence-corrected chi connectivity index (χ0v) is 13.0. The number of aromatic nitrogens is 1. The highest BCUT2D eigenvalue weighted by molar-refractivity contribution is 7.89. The van der Waals surface area contributed by atoms with Crippen molar-refractivity contribution in [2.75, 3.05) is 6.54 Å². The van der Waals surface area contributed by atoms with Crippen LogP contribution < -0.4 is 4.72 Å². The van der Waals surface area contributed by atoms with Crippen LogP contribution >= 0.6 is 0 Å². The maximum Gasteiger partial charge on any atom is 0.242 e. The first kappa shape index (κ1) is 15.5. The molecular weight excluding hydrogens is 276 g/mol. The minimum absolute atomic E-state index is 0.160. The van der Waals surface area contributed by atoms with Crippen LogP contribution in [0.25, 0.3) is 0 Å². The first-order chi connectivity index (χ1) is 9.42. The van der Waals surface area contributed by atoms with Crippen molar-refractivity contribution in [3.05, 3.63) is 18.0 Å². The van der Waals surface area contributed by atoms with Crippen molar-refractivity contribution >= 4 is 10.0 Å². The molecule has 0 saturated heterocycles. The number of nitrogens with one attached hydrogen (secondary N) is 1. The summed E-state index contributed by atoms with van der Waals surface area (Å²) >= 11 is 0. The van der Waals surface area contributed by atoms with Crippen molar-refractivity contribution in [2.24, 2.45) is 18.9 Å². The van der Waals surface area contributed by atoms with Crippen LogP contribution in [-0.2, 0) is 23.7 Å². The van der Waals surface area contributed by atoms with Crippen molar-refractivity contribution in [1.82, 2.24) is 9.29 Å². The fourth-order valence-electron chi connectivity index (χ4n) is 2.73. The Labute approximate surface area is 121 Å². The molecule has 1 aromatic rings. The molecule has 0 aromatic carbocycles. The molecule has 1 aliphatic rings. The third-order valence-electron chi connectivity index (χ3n) is 4.25. The lowest BCUT2D eigenvalue weighted by atomic mass is 9.83. The fourth-order valence-corrected chi connectivity index (χ4v) is 3.94. The topological polar surface area (TPSA) is 71.3 Å². The molecule has 1 fully saturated rings. The highest BCUT2D eigenvalue weighted by Gasteiger charge is 2.22. The van der Waals surface area contributed by atoms with E-state index in [1.807, 2.05) is 0 Å². The largest absolute Gasteiger partial charge is 0.390 e. The Bertz CT molecular complexity index is 543. The van der Waals surface area contributed by atoms with Crippen molar-refractivity contribution < 1.29 is 13.5 Å². The molecule has 6 heteroatoms. The second-order valence-corrected chi connectivity index (χ2v) is 7.68. The molecule has 20 heavy (non-hydrogen) atoms. The van der Waals surface area contributed by atoms with Crippen LogP contribution in [0, 0.1) is 11.8 Å². The molecule has 0 bridgehead atoms. The molecule has 1 heterocycles. The quantitative estimate of drug-likeness (QED) is 0.868. The third kappa shape index (κ3) is 3.62. The van der Waals surface area contributed by atoms with E-state index in [2.05, 4.69) is 11.6 Å². The van der Waals surface area contributed by atoms with Gasteiger partial charge in [0.15, 0.2) is 0 Å². The zero-order valence-electron chi connectivity index (χ0n) is 12.2. The average Bonchev–Trinajstić information content (AvgIpc) is 2.80. The standard InChI is InChI=1S/C14H24N2O3S/c1-11-3-5-12(6-4-11)8-15-20(18,19)14-7-13(10-17)16(2)9-14/h7,9,11-12,15,17H,3-6,8,10H2,1-2H3. The van der Waals surface area contributed by atoms with Crippen LogP contribution in [0.1, 0.15) is 38.3 Å². The lowest BCUT2D eigenvalue weighted by molar-refractivity contribution is 0.272. The number of sulfonamides is 1. The van der Waals surface area contributed by atoms with Crippen LogP contribution in [0.15, 0.2) is 17.2 Å². The van der Waals surface area contributed by atoms with Crippen molar-refractivity contribution in [3.63, 3.8) is 0 Å². The molecule has 1 aliphatic carbocycles. The summed E-state index contributed by atoms with van der Waals surface area (Å²) in [5.41, 5.74) is 0.594. The first-order valence-corrected chi connectivity index (χ1v) is 8.66. The molecule has 0 unspecified atom stereocenters. The molecular formula is C14H24N2O3S. The minimum atomic E-state index is -3.47. The smallest absolute Gasteiger partial charge is 0.242 e. The van der Waals surface area contributed by atoms with Gasteiger partial charge in [-0.3, -0.25) is 0 Å². The molecule has 2 N–H and O–H groups in total. The predicted octanol–water partition coefficient (Wildman–Crippen LogP) is 1.62. The number of aliphatic hydroxyl groups excluding tert-OH is 1. The maximum absolute atomic E-state index is 12.2. The number of aryl methyl sites for hydroxylation is 1. The van der Waals surface area contributed by atoms with E-state index in [4.69, 9.17) is 5.11 Å². The summed E-state index contributed by atoms with van der Waals surface area (Å²) in [7, 11) is -1.74. The predicted molar refractivity (Wildman–Crippen MR) is 77.6 cm³/mol. The van der Waals surface area contributed by atoms with E-state index < -0.39 is 10.0 Å². The summed E-state index contributed by atoms with van der Waals surface area (Å²) in [4.78, 5) is 0.230. The Hall–Kier alpha value is -0.850. The van der Waals surface area contributed by atoms with Crippen molar-refractivity contribution in [1.29, 1.82) is 0 Å². The highest BCUT2D eigenvalue weighted by Crippen LogP contribution is 2.28. The summed E-state index contributed by atoms with van der Waals surface area (Å²) in [5.74, 6) is 1.21. The lowest BCUT2D eigenvalue weighted by Gasteiger charge is -2.26. The Morgan fingerprint density at radius 1 is 1.35 bits per heavy atom. The van der Waals surface area contributed by atoms with Gasteiger partial charge in [0, 0.05) is 25.5 Å². The Balaban J connectivity index is 1.96. The van der Waals surface area contributed by atoms with Gasteiger partial charge in [-0.25, -0.2) is 13.1 Å². The van der Waals surface area contributed by atoms with E-state index in [0.717, 1.165) is 18.8 Å². The van der Waals surface area contributed by atoms with E-state index in [-0.39, 0.29) is 11.5 Å². The fraction of sp³-hybridized carbons (Fsp3) is 0.714. The molecule has 0 radical (unpaired) electrons. The number of rotatable bonds is 5. The van der Waals surface area contributed by atoms with Gasteiger partial charge in [-0.2, -0.15) is 0 Å². The van der Waals surface area contributed by atoms with Gasteiger partial charge in [-0.1, -0.05) is 19.8 Å². The van der Waals surface area contributed by atoms with E-state index in [1.54, 1.807) is 11.6 Å². The molecule has 2 rings (SSSR count). The molecule has 0 amide bonds. The van der Waals surface area contributed by atoms with Gasteiger partial charge >= 0.3 is 0 Å². The summed E-state index contributed by atoms with van der Waals surface area (Å²) in [6.45, 7) is 2.60. The molecule has 0 spiro atoms. The molecule has 0 aliphatic heterocycles. The monoisotopic (exact) mass is 300 g/mol. The van der Waals surface area contributed by atoms with Gasteiger partial charge in [0.05, 0.1) is 11.5 Å². The summed E-state index contributed by atoms with van der Waals surface area (Å²) in [6, 6.07) is 1.52. The van der Waals surface area contributed by atoms with Gasteiger partial charge < -0.3 is 9.67 Å². The normalized spacial score (nSPS) is 23.9. The lowest BCUT2D eigenvalue weighted by Crippen LogP contribution is -2.31. The minimum Gasteiger partial charge on any atom is -0.390 e. The maximum atomic E-state index is 12.2. The zero-order chi connectivity index (χ0) is 14.8. The molecule has 1 aromatic heterocycles. The molecule has 1 saturated carbocycles. The van der Waals surface area contributed by atoms with Crippen molar-refractivity contribution in [2.45, 2.75) is 44.1 Å². The number of hydrogen-bond acceptors (Lipinski definition) is 3. The van der Waals surface area contributed by atoms with Gasteiger partial charge in [-0.15, -0.1) is 0 Å². The van der Waals surface area contributed by atoms with Gasteiger partial charge in [0.2, 0.25) is 10.0 Å².